The number of carbonyl (C=O) groups is 3. The number of Topliss-reactive ketones (excluding diaryl/α,β-unsaturated/α-hetero) is 1. The van der Waals surface area contributed by atoms with E-state index in [0.717, 1.165) is 5.57 Å². The van der Waals surface area contributed by atoms with Gasteiger partial charge < -0.3 is 94.4 Å². The highest BCUT2D eigenvalue weighted by Gasteiger charge is 2.72. The van der Waals surface area contributed by atoms with E-state index in [4.69, 9.17) is 33.2 Å². The minimum absolute atomic E-state index is 0.0360. The lowest BCUT2D eigenvalue weighted by Crippen LogP contribution is -2.69. The van der Waals surface area contributed by atoms with Crippen molar-refractivity contribution in [2.75, 3.05) is 26.4 Å². The number of ketones is 1. The summed E-state index contributed by atoms with van der Waals surface area (Å²) >= 11 is 0. The third-order valence-corrected chi connectivity index (χ3v) is 20.7. The van der Waals surface area contributed by atoms with E-state index >= 15 is 4.79 Å². The highest BCUT2D eigenvalue weighted by molar-refractivity contribution is 5.89. The van der Waals surface area contributed by atoms with Crippen LogP contribution in [0.15, 0.2) is 23.3 Å². The lowest BCUT2D eigenvalue weighted by molar-refractivity contribution is -0.375. The van der Waals surface area contributed by atoms with Crippen LogP contribution in [0.25, 0.3) is 0 Å². The third-order valence-electron chi connectivity index (χ3n) is 20.7. The van der Waals surface area contributed by atoms with E-state index in [1.807, 2.05) is 20.8 Å². The maximum atomic E-state index is 15.3. The molecule has 0 spiro atoms. The molecule has 27 atom stereocenters. The fourth-order valence-corrected chi connectivity index (χ4v) is 15.8. The lowest BCUT2D eigenvalue weighted by atomic mass is 9.33. The number of carboxylic acids is 1. The fourth-order valence-electron chi connectivity index (χ4n) is 15.8. The molecule has 3 aliphatic heterocycles. The molecule has 8 rings (SSSR count). The molecular weight excluding hydrogens is 989 g/mol. The Labute approximate surface area is 436 Å². The third kappa shape index (κ3) is 9.20. The summed E-state index contributed by atoms with van der Waals surface area (Å²) in [6.07, 6.45) is -20.8. The summed E-state index contributed by atoms with van der Waals surface area (Å²) in [5.74, 6) is -3.73. The molecule has 22 heteroatoms. The molecule has 12 N–H and O–H groups in total. The second-order valence-electron chi connectivity index (χ2n) is 24.2. The molecular formula is C53H82O22. The smallest absolute Gasteiger partial charge is 0.335 e. The number of rotatable bonds is 13. The topological polar surface area (TPSA) is 359 Å². The Kier molecular flexibility index (Phi) is 16.8. The van der Waals surface area contributed by atoms with Crippen LogP contribution in [0, 0.1) is 56.7 Å². The summed E-state index contributed by atoms with van der Waals surface area (Å²) in [7, 11) is 0. The van der Waals surface area contributed by atoms with Crippen LogP contribution in [0.2, 0.25) is 0 Å². The Hall–Kier alpha value is -2.59. The normalized spacial score (nSPS) is 52.1. The van der Waals surface area contributed by atoms with Crippen LogP contribution in [0.4, 0.5) is 0 Å². The number of hydrogen-bond acceptors (Lipinski definition) is 21. The molecule has 3 heterocycles. The SMILES string of the molecule is C/C=C(/C)C(=O)O[C@@H]1[C@@H](O)[C@H](OC2C[C@]3(CO)C(=O)C[C@]4(C)C(=CCC5[C@@]6(C)CC[C@H](O[C@@H]7O[C@H](C(=O)O)[C@@H](O)[C@H](O)[C@H]7OC7OC(CO)C(O)C(O)C7O)[C@@](C)(CO)C6CC[C@]54C)C3[C@@H](C)[C@@H]2C)O[C@H](CO)[C@H]1O. The number of carboxylic acid groups (broad SMARTS) is 1. The summed E-state index contributed by atoms with van der Waals surface area (Å²) in [5.41, 5.74) is -2.63. The standard InChI is InChI=1S/C53H82O22/c1-9-22(2)45(68)73-41-35(60)28(19-55)71-47(40(41)65)69-26-16-53(21-57)31(58)17-52(8)25(33(53)24(4)23(26)3)10-11-30-49(5)14-13-32(50(6,20-56)29(49)12-15-51(30,52)7)72-48-43(38(63)37(62)42(74-48)44(66)67)75-46-39(64)36(61)34(59)27(18-54)70-46/h9-10,23-24,26-30,32-43,46-48,54-57,59-65H,11-21H2,1-8H3,(H,66,67)/b22-9-/t23-,24-,26?,27?,28+,29?,30?,32-,33?,34?,35+,36?,37-,38-,39?,40+,41-,42-,43+,46?,47+,48+,49-,50-,51+,52+,53-/m0/s1. The number of aliphatic hydroxyl groups excluding tert-OH is 11. The summed E-state index contributed by atoms with van der Waals surface area (Å²) in [6, 6.07) is 0. The molecule has 4 saturated carbocycles. The van der Waals surface area contributed by atoms with Gasteiger partial charge in [0, 0.05) is 22.8 Å². The second-order valence-corrected chi connectivity index (χ2v) is 24.2. The molecule has 426 valence electrons. The molecule has 0 bridgehead atoms. The van der Waals surface area contributed by atoms with Gasteiger partial charge in [0.25, 0.3) is 0 Å². The number of fused-ring (bicyclic) bond motifs is 7. The molecule has 0 aromatic carbocycles. The highest BCUT2D eigenvalue weighted by atomic mass is 16.8. The van der Waals surface area contributed by atoms with E-state index in [1.54, 1.807) is 6.92 Å². The van der Waals surface area contributed by atoms with Gasteiger partial charge in [0.15, 0.2) is 31.1 Å². The predicted octanol–water partition coefficient (Wildman–Crippen LogP) is -0.799. The molecule has 0 aromatic rings. The van der Waals surface area contributed by atoms with Gasteiger partial charge in [-0.2, -0.15) is 0 Å². The van der Waals surface area contributed by atoms with Gasteiger partial charge in [-0.15, -0.1) is 0 Å². The van der Waals surface area contributed by atoms with Crippen molar-refractivity contribution in [2.45, 2.75) is 205 Å². The van der Waals surface area contributed by atoms with Crippen molar-refractivity contribution in [3.63, 3.8) is 0 Å². The highest BCUT2D eigenvalue weighted by Crippen LogP contribution is 2.75. The van der Waals surface area contributed by atoms with Gasteiger partial charge in [-0.25, -0.2) is 9.59 Å². The lowest BCUT2D eigenvalue weighted by Gasteiger charge is -2.71. The first kappa shape index (κ1) is 58.6. The van der Waals surface area contributed by atoms with Crippen molar-refractivity contribution >= 4 is 17.7 Å². The van der Waals surface area contributed by atoms with Crippen molar-refractivity contribution < 1.29 is 109 Å². The van der Waals surface area contributed by atoms with Gasteiger partial charge in [0.2, 0.25) is 0 Å². The predicted molar refractivity (Wildman–Crippen MR) is 257 cm³/mol. The maximum Gasteiger partial charge on any atom is 0.335 e. The van der Waals surface area contributed by atoms with Gasteiger partial charge in [-0.05, 0) is 92.8 Å². The summed E-state index contributed by atoms with van der Waals surface area (Å²) in [4.78, 5) is 40.4. The quantitative estimate of drug-likeness (QED) is 0.0465. The van der Waals surface area contributed by atoms with Crippen LogP contribution in [0.1, 0.15) is 100 Å². The van der Waals surface area contributed by atoms with E-state index in [1.165, 1.54) is 13.0 Å². The molecule has 5 aliphatic carbocycles. The fraction of sp³-hybridized carbons (Fsp3) is 0.868. The molecule has 75 heavy (non-hydrogen) atoms. The van der Waals surface area contributed by atoms with Crippen molar-refractivity contribution in [2.24, 2.45) is 56.7 Å². The Balaban J connectivity index is 1.05. The van der Waals surface area contributed by atoms with Gasteiger partial charge in [-0.3, -0.25) is 4.79 Å². The first-order valence-electron chi connectivity index (χ1n) is 26.6. The van der Waals surface area contributed by atoms with Crippen LogP contribution in [0.5, 0.6) is 0 Å². The van der Waals surface area contributed by atoms with Crippen LogP contribution < -0.4 is 0 Å². The van der Waals surface area contributed by atoms with Crippen molar-refractivity contribution in [1.82, 2.24) is 0 Å². The second kappa shape index (κ2) is 21.5. The van der Waals surface area contributed by atoms with E-state index in [9.17, 15) is 70.9 Å². The average Bonchev–Trinajstić information content (AvgIpc) is 3.37. The molecule has 22 nitrogen and oxygen atoms in total. The van der Waals surface area contributed by atoms with E-state index < -0.39 is 169 Å². The number of carbonyl (C=O) groups excluding carboxylic acids is 2. The van der Waals surface area contributed by atoms with Crippen molar-refractivity contribution in [3.8, 4) is 0 Å². The van der Waals surface area contributed by atoms with Gasteiger partial charge >= 0.3 is 11.9 Å². The molecule has 8 aliphatic rings. The Morgan fingerprint density at radius 1 is 0.720 bits per heavy atom. The number of aliphatic hydroxyl groups is 11. The van der Waals surface area contributed by atoms with Crippen LogP contribution in [-0.2, 0) is 47.5 Å². The minimum Gasteiger partial charge on any atom is -0.479 e. The zero-order valence-corrected chi connectivity index (χ0v) is 44.1. The summed E-state index contributed by atoms with van der Waals surface area (Å²) < 4.78 is 41.8. The number of allylic oxidation sites excluding steroid dienone is 3. The molecule has 3 saturated heterocycles. The van der Waals surface area contributed by atoms with Crippen molar-refractivity contribution in [3.05, 3.63) is 23.3 Å². The van der Waals surface area contributed by atoms with Gasteiger partial charge in [0.1, 0.15) is 66.8 Å². The van der Waals surface area contributed by atoms with Crippen LogP contribution in [0.3, 0.4) is 0 Å². The molecule has 0 radical (unpaired) electrons. The number of ether oxygens (including phenoxy) is 7. The van der Waals surface area contributed by atoms with Crippen LogP contribution >= 0.6 is 0 Å². The average molecular weight is 1070 g/mol. The van der Waals surface area contributed by atoms with E-state index in [0.29, 0.717) is 32.1 Å². The Bertz CT molecular complexity index is 2170. The zero-order valence-electron chi connectivity index (χ0n) is 44.1. The molecule has 0 amide bonds. The number of aliphatic carboxylic acids is 1. The first-order chi connectivity index (χ1) is 35.2. The zero-order chi connectivity index (χ0) is 55.2. The minimum atomic E-state index is -2.05. The van der Waals surface area contributed by atoms with Crippen LogP contribution in [-0.4, -0.2) is 210 Å². The summed E-state index contributed by atoms with van der Waals surface area (Å²) in [6.45, 7) is 13.4. The summed E-state index contributed by atoms with van der Waals surface area (Å²) in [5, 5.41) is 129. The maximum absolute atomic E-state index is 15.3. The molecule has 7 fully saturated rings. The first-order valence-corrected chi connectivity index (χ1v) is 26.6. The number of esters is 1. The molecule has 0 aromatic heterocycles. The van der Waals surface area contributed by atoms with Gasteiger partial charge in [-0.1, -0.05) is 59.3 Å². The monoisotopic (exact) mass is 1070 g/mol. The largest absolute Gasteiger partial charge is 0.479 e. The van der Waals surface area contributed by atoms with Crippen molar-refractivity contribution in [1.29, 1.82) is 0 Å². The Morgan fingerprint density at radius 3 is 1.96 bits per heavy atom. The van der Waals surface area contributed by atoms with E-state index in [-0.39, 0.29) is 54.5 Å². The van der Waals surface area contributed by atoms with Gasteiger partial charge in [0.05, 0.1) is 44.1 Å². The molecule has 9 unspecified atom stereocenters. The number of hydrogen-bond donors (Lipinski definition) is 12. The van der Waals surface area contributed by atoms with E-state index in [2.05, 4.69) is 26.8 Å². The Morgan fingerprint density at radius 2 is 1.36 bits per heavy atom.